The molecule has 1 saturated heterocycles. The number of amides is 2. The van der Waals surface area contributed by atoms with Crippen molar-refractivity contribution in [2.75, 3.05) is 38.0 Å². The predicted octanol–water partition coefficient (Wildman–Crippen LogP) is 0.642. The summed E-state index contributed by atoms with van der Waals surface area (Å²) in [6, 6.07) is 11.8. The van der Waals surface area contributed by atoms with Crippen molar-refractivity contribution in [2.45, 2.75) is 6.42 Å². The van der Waals surface area contributed by atoms with Gasteiger partial charge in [-0.3, -0.25) is 19.7 Å². The minimum absolute atomic E-state index is 0.0163. The number of nitrogens with one attached hydrogen (secondary N) is 2. The highest BCUT2D eigenvalue weighted by atomic mass is 19.1. The number of benzene rings is 2. The van der Waals surface area contributed by atoms with E-state index < -0.39 is 4.92 Å². The van der Waals surface area contributed by atoms with Crippen molar-refractivity contribution in [1.82, 2.24) is 4.90 Å². The molecule has 0 unspecified atom stereocenters. The van der Waals surface area contributed by atoms with E-state index in [1.54, 1.807) is 23.1 Å². The normalized spacial score (nSPS) is 14.4. The van der Waals surface area contributed by atoms with Crippen molar-refractivity contribution >= 4 is 23.2 Å². The number of halogens is 1. The van der Waals surface area contributed by atoms with Crippen LogP contribution in [-0.4, -0.2) is 54.4 Å². The van der Waals surface area contributed by atoms with Crippen molar-refractivity contribution in [3.05, 3.63) is 70.0 Å². The third-order valence-corrected chi connectivity index (χ3v) is 4.89. The van der Waals surface area contributed by atoms with Gasteiger partial charge in [-0.1, -0.05) is 18.2 Å². The molecule has 0 atom stereocenters. The van der Waals surface area contributed by atoms with Gasteiger partial charge < -0.3 is 15.1 Å². The molecule has 1 aliphatic heterocycles. The SMILES string of the molecule is O=C(C[NH+]1CCN(C(=O)Cc2ccccc2[N+](=O)[O-])CC1)Nc1ccc(F)cc1. The third-order valence-electron chi connectivity index (χ3n) is 4.89. The Morgan fingerprint density at radius 3 is 2.41 bits per heavy atom. The first-order valence-electron chi connectivity index (χ1n) is 9.31. The summed E-state index contributed by atoms with van der Waals surface area (Å²) in [5.41, 5.74) is 0.882. The van der Waals surface area contributed by atoms with Crippen LogP contribution in [0.5, 0.6) is 0 Å². The van der Waals surface area contributed by atoms with Crippen LogP contribution >= 0.6 is 0 Å². The highest BCUT2D eigenvalue weighted by Gasteiger charge is 2.26. The number of carbonyl (C=O) groups excluding carboxylic acids is 2. The number of piperazine rings is 1. The molecule has 2 aromatic rings. The van der Waals surface area contributed by atoms with Gasteiger partial charge in [0.05, 0.1) is 37.5 Å². The zero-order valence-electron chi connectivity index (χ0n) is 15.8. The second kappa shape index (κ2) is 9.24. The molecule has 152 valence electrons. The van der Waals surface area contributed by atoms with E-state index in [2.05, 4.69) is 5.32 Å². The number of nitro groups is 1. The zero-order valence-corrected chi connectivity index (χ0v) is 15.8. The Hall–Kier alpha value is -3.33. The van der Waals surface area contributed by atoms with Gasteiger partial charge in [0.2, 0.25) is 5.91 Å². The van der Waals surface area contributed by atoms with Gasteiger partial charge in [-0.25, -0.2) is 4.39 Å². The fourth-order valence-corrected chi connectivity index (χ4v) is 3.33. The molecule has 3 rings (SSSR count). The lowest BCUT2D eigenvalue weighted by molar-refractivity contribution is -0.895. The summed E-state index contributed by atoms with van der Waals surface area (Å²) in [6.07, 6.45) is -0.0163. The largest absolute Gasteiger partial charge is 0.331 e. The molecule has 1 aliphatic rings. The molecule has 1 heterocycles. The lowest BCUT2D eigenvalue weighted by atomic mass is 10.1. The molecule has 9 heteroatoms. The number of hydrogen-bond acceptors (Lipinski definition) is 4. The number of anilines is 1. The van der Waals surface area contributed by atoms with Crippen molar-refractivity contribution in [2.24, 2.45) is 0 Å². The van der Waals surface area contributed by atoms with Gasteiger partial charge in [0.15, 0.2) is 6.54 Å². The second-order valence-electron chi connectivity index (χ2n) is 6.93. The van der Waals surface area contributed by atoms with E-state index in [4.69, 9.17) is 0 Å². The maximum Gasteiger partial charge on any atom is 0.279 e. The fraction of sp³-hybridized carbons (Fsp3) is 0.300. The van der Waals surface area contributed by atoms with E-state index in [9.17, 15) is 24.1 Å². The summed E-state index contributed by atoms with van der Waals surface area (Å²) < 4.78 is 12.9. The lowest BCUT2D eigenvalue weighted by Gasteiger charge is -2.32. The minimum Gasteiger partial charge on any atom is -0.331 e. The Balaban J connectivity index is 1.47. The molecular weight excluding hydrogens is 379 g/mol. The highest BCUT2D eigenvalue weighted by Crippen LogP contribution is 2.18. The molecule has 0 aromatic heterocycles. The van der Waals surface area contributed by atoms with Gasteiger partial charge in [-0.15, -0.1) is 0 Å². The van der Waals surface area contributed by atoms with Crippen LogP contribution in [0.2, 0.25) is 0 Å². The summed E-state index contributed by atoms with van der Waals surface area (Å²) >= 11 is 0. The van der Waals surface area contributed by atoms with Crippen LogP contribution in [0.3, 0.4) is 0 Å². The number of para-hydroxylation sites is 1. The Bertz CT molecular complexity index is 896. The van der Waals surface area contributed by atoms with Crippen molar-refractivity contribution < 1.29 is 23.8 Å². The first-order valence-corrected chi connectivity index (χ1v) is 9.31. The summed E-state index contributed by atoms with van der Waals surface area (Å²) in [6.45, 7) is 2.44. The number of rotatable bonds is 6. The second-order valence-corrected chi connectivity index (χ2v) is 6.93. The Kier molecular flexibility index (Phi) is 6.50. The first kappa shape index (κ1) is 20.4. The first-order chi connectivity index (χ1) is 13.9. The molecule has 2 aromatic carbocycles. The van der Waals surface area contributed by atoms with Crippen LogP contribution < -0.4 is 10.2 Å². The summed E-state index contributed by atoms with van der Waals surface area (Å²) in [7, 11) is 0. The van der Waals surface area contributed by atoms with E-state index in [1.807, 2.05) is 0 Å². The average molecular weight is 401 g/mol. The van der Waals surface area contributed by atoms with Gasteiger partial charge in [-0.05, 0) is 24.3 Å². The molecule has 2 amide bonds. The standard InChI is InChI=1S/C20H21FN4O4/c21-16-5-7-17(8-6-16)22-19(26)14-23-9-11-24(12-10-23)20(27)13-15-3-1-2-4-18(15)25(28)29/h1-8H,9-14H2,(H,22,26)/p+1. The van der Waals surface area contributed by atoms with Crippen LogP contribution in [0.15, 0.2) is 48.5 Å². The van der Waals surface area contributed by atoms with E-state index in [1.165, 1.54) is 30.3 Å². The third kappa shape index (κ3) is 5.58. The molecule has 29 heavy (non-hydrogen) atoms. The van der Waals surface area contributed by atoms with Gasteiger partial charge >= 0.3 is 0 Å². The van der Waals surface area contributed by atoms with Gasteiger partial charge in [0, 0.05) is 17.3 Å². The number of carbonyl (C=O) groups is 2. The van der Waals surface area contributed by atoms with E-state index >= 15 is 0 Å². The lowest BCUT2D eigenvalue weighted by Crippen LogP contribution is -3.15. The zero-order chi connectivity index (χ0) is 20.8. The summed E-state index contributed by atoms with van der Waals surface area (Å²) in [5, 5.41) is 13.8. The van der Waals surface area contributed by atoms with E-state index in [0.29, 0.717) is 37.4 Å². The molecule has 0 spiro atoms. The monoisotopic (exact) mass is 401 g/mol. The number of nitrogens with zero attached hydrogens (tertiary/aromatic N) is 2. The van der Waals surface area contributed by atoms with Gasteiger partial charge in [-0.2, -0.15) is 0 Å². The highest BCUT2D eigenvalue weighted by molar-refractivity contribution is 5.91. The molecule has 0 bridgehead atoms. The molecule has 8 nitrogen and oxygen atoms in total. The van der Waals surface area contributed by atoms with Crippen LogP contribution in [0, 0.1) is 15.9 Å². The number of nitro benzene ring substituents is 1. The maximum atomic E-state index is 12.9. The fourth-order valence-electron chi connectivity index (χ4n) is 3.33. The van der Waals surface area contributed by atoms with Crippen LogP contribution in [0.25, 0.3) is 0 Å². The van der Waals surface area contributed by atoms with Gasteiger partial charge in [0.25, 0.3) is 11.6 Å². The molecule has 1 fully saturated rings. The van der Waals surface area contributed by atoms with E-state index in [0.717, 1.165) is 4.90 Å². The molecule has 2 N–H and O–H groups in total. The topological polar surface area (TPSA) is 97.0 Å². The quantitative estimate of drug-likeness (QED) is 0.549. The maximum absolute atomic E-state index is 12.9. The minimum atomic E-state index is -0.482. The summed E-state index contributed by atoms with van der Waals surface area (Å²) in [5.74, 6) is -0.698. The van der Waals surface area contributed by atoms with Crippen LogP contribution in [0.1, 0.15) is 5.56 Å². The number of hydrogen-bond donors (Lipinski definition) is 2. The Morgan fingerprint density at radius 1 is 1.10 bits per heavy atom. The van der Waals surface area contributed by atoms with Gasteiger partial charge in [0.1, 0.15) is 5.82 Å². The van der Waals surface area contributed by atoms with Crippen molar-refractivity contribution in [1.29, 1.82) is 0 Å². The Morgan fingerprint density at radius 2 is 1.76 bits per heavy atom. The van der Waals surface area contributed by atoms with Crippen LogP contribution in [0.4, 0.5) is 15.8 Å². The predicted molar refractivity (Wildman–Crippen MR) is 104 cm³/mol. The number of quaternary nitrogens is 1. The average Bonchev–Trinajstić information content (AvgIpc) is 2.70. The van der Waals surface area contributed by atoms with E-state index in [-0.39, 0.29) is 36.3 Å². The van der Waals surface area contributed by atoms with Crippen LogP contribution in [-0.2, 0) is 16.0 Å². The molecule has 0 aliphatic carbocycles. The van der Waals surface area contributed by atoms with Crippen molar-refractivity contribution in [3.63, 3.8) is 0 Å². The smallest absolute Gasteiger partial charge is 0.279 e. The molecule has 0 saturated carbocycles. The molecular formula is C20H22FN4O4+. The van der Waals surface area contributed by atoms with Crippen molar-refractivity contribution in [3.8, 4) is 0 Å². The molecule has 0 radical (unpaired) electrons. The Labute approximate surface area is 167 Å². The summed E-state index contributed by atoms with van der Waals surface area (Å²) in [4.78, 5) is 38.0.